The number of carbonyl (C=O) groups is 1. The fraction of sp³-hybridized carbons (Fsp3) is 0.105. The molecular formula is C19H13BrN2O3. The van der Waals surface area contributed by atoms with Crippen molar-refractivity contribution in [2.45, 2.75) is 6.92 Å². The molecule has 0 amide bonds. The Labute approximate surface area is 153 Å². The molecule has 0 heterocycles. The first-order valence-corrected chi connectivity index (χ1v) is 8.13. The van der Waals surface area contributed by atoms with Crippen LogP contribution in [0.15, 0.2) is 46.9 Å². The number of hydrogen-bond donors (Lipinski definition) is 0. The van der Waals surface area contributed by atoms with Gasteiger partial charge in [-0.15, -0.1) is 0 Å². The van der Waals surface area contributed by atoms with E-state index < -0.39 is 5.97 Å². The van der Waals surface area contributed by atoms with E-state index in [2.05, 4.69) is 15.9 Å². The van der Waals surface area contributed by atoms with Crippen LogP contribution in [0.4, 0.5) is 0 Å². The topological polar surface area (TPSA) is 83.1 Å². The van der Waals surface area contributed by atoms with Crippen LogP contribution in [0.5, 0.6) is 11.5 Å². The van der Waals surface area contributed by atoms with Crippen LogP contribution in [0, 0.1) is 22.7 Å². The molecule has 2 rings (SSSR count). The Kier molecular flexibility index (Phi) is 6.33. The van der Waals surface area contributed by atoms with Crippen LogP contribution in [-0.4, -0.2) is 12.6 Å². The van der Waals surface area contributed by atoms with Gasteiger partial charge in [0.2, 0.25) is 0 Å². The van der Waals surface area contributed by atoms with Gasteiger partial charge in [-0.1, -0.05) is 12.1 Å². The van der Waals surface area contributed by atoms with Crippen LogP contribution in [0.25, 0.3) is 6.08 Å². The molecule has 0 saturated carbocycles. The van der Waals surface area contributed by atoms with Gasteiger partial charge in [-0.25, -0.2) is 4.79 Å². The summed E-state index contributed by atoms with van der Waals surface area (Å²) in [6, 6.07) is 13.9. The molecule has 0 saturated heterocycles. The number of nitrogens with zero attached hydrogens (tertiary/aromatic N) is 2. The monoisotopic (exact) mass is 396 g/mol. The van der Waals surface area contributed by atoms with Gasteiger partial charge in [-0.3, -0.25) is 0 Å². The summed E-state index contributed by atoms with van der Waals surface area (Å²) in [5.74, 6) is -0.0559. The van der Waals surface area contributed by atoms with Gasteiger partial charge in [0.15, 0.2) is 11.5 Å². The van der Waals surface area contributed by atoms with Gasteiger partial charge in [0.1, 0.15) is 0 Å². The van der Waals surface area contributed by atoms with Crippen molar-refractivity contribution < 1.29 is 14.3 Å². The molecule has 0 bridgehead atoms. The number of carbonyl (C=O) groups excluding carboxylic acids is 1. The van der Waals surface area contributed by atoms with Gasteiger partial charge >= 0.3 is 5.97 Å². The summed E-state index contributed by atoms with van der Waals surface area (Å²) in [7, 11) is 0. The molecule has 0 atom stereocenters. The van der Waals surface area contributed by atoms with Crippen molar-refractivity contribution in [3.8, 4) is 23.6 Å². The zero-order chi connectivity index (χ0) is 18.2. The highest BCUT2D eigenvalue weighted by molar-refractivity contribution is 9.10. The number of hydrogen-bond acceptors (Lipinski definition) is 5. The largest absolute Gasteiger partial charge is 0.490 e. The van der Waals surface area contributed by atoms with Crippen LogP contribution in [0.1, 0.15) is 23.6 Å². The summed E-state index contributed by atoms with van der Waals surface area (Å²) in [5.41, 5.74) is 1.70. The van der Waals surface area contributed by atoms with E-state index in [-0.39, 0.29) is 5.75 Å². The number of rotatable bonds is 5. The van der Waals surface area contributed by atoms with Crippen LogP contribution in [-0.2, 0) is 4.79 Å². The smallest absolute Gasteiger partial charge is 0.336 e. The molecule has 2 aromatic carbocycles. The third kappa shape index (κ3) is 4.94. The van der Waals surface area contributed by atoms with Crippen LogP contribution in [0.3, 0.4) is 0 Å². The summed E-state index contributed by atoms with van der Waals surface area (Å²) in [6.45, 7) is 2.16. The minimum atomic E-state index is -0.587. The number of nitriles is 2. The van der Waals surface area contributed by atoms with Gasteiger partial charge in [0, 0.05) is 12.1 Å². The Morgan fingerprint density at radius 2 is 1.84 bits per heavy atom. The SMILES string of the molecule is CCOc1cc(C#N)cc(Br)c1OC(=O)/C=C/c1ccc(C#N)cc1. The Morgan fingerprint density at radius 1 is 1.16 bits per heavy atom. The molecule has 0 fully saturated rings. The number of benzene rings is 2. The maximum atomic E-state index is 12.1. The first kappa shape index (κ1) is 18.3. The Balaban J connectivity index is 2.18. The van der Waals surface area contributed by atoms with E-state index >= 15 is 0 Å². The maximum absolute atomic E-state index is 12.1. The molecule has 124 valence electrons. The van der Waals surface area contributed by atoms with Gasteiger partial charge in [0.25, 0.3) is 0 Å². The summed E-state index contributed by atoms with van der Waals surface area (Å²) in [5, 5.41) is 17.8. The van der Waals surface area contributed by atoms with Crippen LogP contribution < -0.4 is 9.47 Å². The highest BCUT2D eigenvalue weighted by Crippen LogP contribution is 2.37. The number of esters is 1. The molecule has 0 unspecified atom stereocenters. The van der Waals surface area contributed by atoms with Crippen molar-refractivity contribution in [3.63, 3.8) is 0 Å². The van der Waals surface area contributed by atoms with Crippen molar-refractivity contribution in [1.82, 2.24) is 0 Å². The van der Waals surface area contributed by atoms with Crippen molar-refractivity contribution in [2.75, 3.05) is 6.61 Å². The Morgan fingerprint density at radius 3 is 2.44 bits per heavy atom. The highest BCUT2D eigenvalue weighted by Gasteiger charge is 2.15. The summed E-state index contributed by atoms with van der Waals surface area (Å²) >= 11 is 3.29. The van der Waals surface area contributed by atoms with Crippen molar-refractivity contribution in [2.24, 2.45) is 0 Å². The molecule has 0 radical (unpaired) electrons. The van der Waals surface area contributed by atoms with Gasteiger partial charge < -0.3 is 9.47 Å². The Bertz CT molecular complexity index is 891. The van der Waals surface area contributed by atoms with Crippen molar-refractivity contribution in [1.29, 1.82) is 10.5 Å². The fourth-order valence-electron chi connectivity index (χ4n) is 1.96. The molecule has 0 aliphatic carbocycles. The van der Waals surface area contributed by atoms with Crippen LogP contribution in [0.2, 0.25) is 0 Å². The second-order valence-corrected chi connectivity index (χ2v) is 5.67. The third-order valence-electron chi connectivity index (χ3n) is 3.09. The standard InChI is InChI=1S/C19H13BrN2O3/c1-2-24-17-10-15(12-22)9-16(20)19(17)25-18(23)8-7-13-3-5-14(11-21)6-4-13/h3-10H,2H2,1H3/b8-7+. The molecule has 0 spiro atoms. The van der Waals surface area contributed by atoms with E-state index in [0.717, 1.165) is 5.56 Å². The average Bonchev–Trinajstić information content (AvgIpc) is 2.63. The van der Waals surface area contributed by atoms with Gasteiger partial charge in [0.05, 0.1) is 34.3 Å². The van der Waals surface area contributed by atoms with E-state index in [0.29, 0.717) is 28.0 Å². The summed E-state index contributed by atoms with van der Waals surface area (Å²) < 4.78 is 11.2. The maximum Gasteiger partial charge on any atom is 0.336 e. The van der Waals surface area contributed by atoms with Gasteiger partial charge in [-0.2, -0.15) is 10.5 Å². The zero-order valence-corrected chi connectivity index (χ0v) is 14.9. The normalized spacial score (nSPS) is 10.1. The summed E-state index contributed by atoms with van der Waals surface area (Å²) in [4.78, 5) is 12.1. The van der Waals surface area contributed by atoms with Gasteiger partial charge in [-0.05, 0) is 52.7 Å². The van der Waals surface area contributed by atoms with Crippen molar-refractivity contribution in [3.05, 3.63) is 63.6 Å². The van der Waals surface area contributed by atoms with Crippen molar-refractivity contribution >= 4 is 28.0 Å². The lowest BCUT2D eigenvalue weighted by Crippen LogP contribution is -2.07. The predicted molar refractivity (Wildman–Crippen MR) is 95.9 cm³/mol. The number of halogens is 1. The minimum Gasteiger partial charge on any atom is -0.490 e. The highest BCUT2D eigenvalue weighted by atomic mass is 79.9. The van der Waals surface area contributed by atoms with E-state index in [1.165, 1.54) is 12.1 Å². The first-order valence-electron chi connectivity index (χ1n) is 7.34. The molecule has 0 N–H and O–H groups in total. The number of ether oxygens (including phenoxy) is 2. The van der Waals surface area contributed by atoms with E-state index in [4.69, 9.17) is 20.0 Å². The average molecular weight is 397 g/mol. The molecule has 25 heavy (non-hydrogen) atoms. The molecule has 5 nitrogen and oxygen atoms in total. The lowest BCUT2D eigenvalue weighted by Gasteiger charge is -2.11. The quantitative estimate of drug-likeness (QED) is 0.429. The minimum absolute atomic E-state index is 0.218. The Hall–Kier alpha value is -3.09. The predicted octanol–water partition coefficient (Wildman–Crippen LogP) is 4.21. The molecular weight excluding hydrogens is 384 g/mol. The lowest BCUT2D eigenvalue weighted by atomic mass is 10.1. The molecule has 0 aromatic heterocycles. The van der Waals surface area contributed by atoms with E-state index in [1.54, 1.807) is 43.3 Å². The molecule has 0 aliphatic rings. The second kappa shape index (κ2) is 8.68. The molecule has 0 aliphatic heterocycles. The zero-order valence-electron chi connectivity index (χ0n) is 13.3. The lowest BCUT2D eigenvalue weighted by molar-refractivity contribution is -0.129. The summed E-state index contributed by atoms with van der Waals surface area (Å²) in [6.07, 6.45) is 2.86. The first-order chi connectivity index (χ1) is 12.1. The van der Waals surface area contributed by atoms with E-state index in [9.17, 15) is 4.79 Å². The molecule has 6 heteroatoms. The van der Waals surface area contributed by atoms with Crippen LogP contribution >= 0.6 is 15.9 Å². The molecule has 2 aromatic rings. The van der Waals surface area contributed by atoms with E-state index in [1.807, 2.05) is 12.1 Å². The second-order valence-electron chi connectivity index (χ2n) is 4.82. The fourth-order valence-corrected chi connectivity index (χ4v) is 2.49. The third-order valence-corrected chi connectivity index (χ3v) is 3.68.